The van der Waals surface area contributed by atoms with E-state index in [1.54, 1.807) is 0 Å². The Labute approximate surface area is 122 Å². The molecule has 6 nitrogen and oxygen atoms in total. The topological polar surface area (TPSA) is 98.3 Å². The predicted molar refractivity (Wildman–Crippen MR) is 76.9 cm³/mol. The molecule has 1 radical (unpaired) electrons. The Balaban J connectivity index is 2.53. The van der Waals surface area contributed by atoms with Gasteiger partial charge in [-0.25, -0.2) is 4.98 Å². The van der Waals surface area contributed by atoms with Crippen molar-refractivity contribution < 1.29 is 14.6 Å². The Morgan fingerprint density at radius 2 is 2.19 bits per heavy atom. The normalized spacial score (nSPS) is 10.4. The minimum Gasteiger partial charge on any atom is -0.475 e. The smallest absolute Gasteiger partial charge is 0.286 e. The van der Waals surface area contributed by atoms with Gasteiger partial charge in [0.25, 0.3) is 5.91 Å². The number of carbonyl (C=O) groups is 1. The van der Waals surface area contributed by atoms with Crippen molar-refractivity contribution in [3.05, 3.63) is 41.3 Å². The summed E-state index contributed by atoms with van der Waals surface area (Å²) < 4.78 is 5.38. The number of aliphatic hydroxyl groups excluding tert-OH is 1. The van der Waals surface area contributed by atoms with Gasteiger partial charge in [0.15, 0.2) is 0 Å². The molecule has 0 saturated heterocycles. The molecule has 0 bridgehead atoms. The van der Waals surface area contributed by atoms with Crippen LogP contribution >= 0.6 is 0 Å². The molecule has 1 heterocycles. The lowest BCUT2D eigenvalue weighted by Gasteiger charge is -2.12. The highest BCUT2D eigenvalue weighted by Crippen LogP contribution is 2.30. The van der Waals surface area contributed by atoms with E-state index in [-0.39, 0.29) is 24.9 Å². The lowest BCUT2D eigenvalue weighted by Crippen LogP contribution is -2.17. The van der Waals surface area contributed by atoms with Crippen molar-refractivity contribution in [2.75, 3.05) is 13.2 Å². The van der Waals surface area contributed by atoms with Crippen LogP contribution in [0.1, 0.15) is 21.7 Å². The van der Waals surface area contributed by atoms with Crippen LogP contribution in [0.2, 0.25) is 0 Å². The molecule has 0 unspecified atom stereocenters. The van der Waals surface area contributed by atoms with Crippen molar-refractivity contribution in [2.24, 2.45) is 5.73 Å². The molecule has 109 valence electrons. The summed E-state index contributed by atoms with van der Waals surface area (Å²) in [6.07, 6.45) is 2.75. The molecule has 0 aliphatic heterocycles. The second-order valence-electron chi connectivity index (χ2n) is 4.59. The zero-order chi connectivity index (χ0) is 15.4. The SMILES string of the molecule is Cc1ccc(-c2[c]nc(C(N)=O)nc2OCCO)c(C)c1. The lowest BCUT2D eigenvalue weighted by atomic mass is 10.0. The van der Waals surface area contributed by atoms with Crippen LogP contribution in [0.25, 0.3) is 11.1 Å². The Morgan fingerprint density at radius 3 is 2.81 bits per heavy atom. The number of nitrogens with two attached hydrogens (primary N) is 1. The highest BCUT2D eigenvalue weighted by molar-refractivity contribution is 5.89. The molecule has 1 amide bonds. The van der Waals surface area contributed by atoms with E-state index in [0.717, 1.165) is 16.7 Å². The van der Waals surface area contributed by atoms with E-state index < -0.39 is 5.91 Å². The number of hydrogen-bond acceptors (Lipinski definition) is 5. The molecule has 0 spiro atoms. The molecule has 2 rings (SSSR count). The zero-order valence-electron chi connectivity index (χ0n) is 11.9. The molecule has 0 aliphatic rings. The number of aryl methyl sites for hydroxylation is 2. The third-order valence-corrected chi connectivity index (χ3v) is 2.90. The van der Waals surface area contributed by atoms with E-state index in [0.29, 0.717) is 5.56 Å². The van der Waals surface area contributed by atoms with Crippen molar-refractivity contribution >= 4 is 5.91 Å². The van der Waals surface area contributed by atoms with Crippen molar-refractivity contribution in [3.8, 4) is 17.0 Å². The van der Waals surface area contributed by atoms with Gasteiger partial charge in [-0.2, -0.15) is 4.98 Å². The quantitative estimate of drug-likeness (QED) is 0.855. The molecule has 0 fully saturated rings. The Kier molecular flexibility index (Phi) is 4.49. The summed E-state index contributed by atoms with van der Waals surface area (Å²) >= 11 is 0. The summed E-state index contributed by atoms with van der Waals surface area (Å²) in [5.74, 6) is -0.747. The fraction of sp³-hybridized carbons (Fsp3) is 0.267. The predicted octanol–water partition coefficient (Wildman–Crippen LogP) is 1.03. The summed E-state index contributed by atoms with van der Waals surface area (Å²) in [7, 11) is 0. The number of hydrogen-bond donors (Lipinski definition) is 2. The number of carbonyl (C=O) groups excluding carboxylic acids is 1. The van der Waals surface area contributed by atoms with Gasteiger partial charge in [0.2, 0.25) is 11.7 Å². The average molecular weight is 286 g/mol. The summed E-state index contributed by atoms with van der Waals surface area (Å²) in [6.45, 7) is 3.84. The first kappa shape index (κ1) is 14.9. The summed E-state index contributed by atoms with van der Waals surface area (Å²) in [6, 6.07) is 5.88. The van der Waals surface area contributed by atoms with E-state index in [9.17, 15) is 4.79 Å². The summed E-state index contributed by atoms with van der Waals surface area (Å²) in [4.78, 5) is 19.0. The van der Waals surface area contributed by atoms with E-state index in [1.165, 1.54) is 0 Å². The first-order valence-electron chi connectivity index (χ1n) is 6.43. The minimum absolute atomic E-state index is 0.0565. The fourth-order valence-corrected chi connectivity index (χ4v) is 1.96. The second-order valence-corrected chi connectivity index (χ2v) is 4.59. The van der Waals surface area contributed by atoms with Gasteiger partial charge in [0.1, 0.15) is 12.8 Å². The number of rotatable bonds is 5. The number of primary amides is 1. The molecule has 0 aliphatic carbocycles. The second kappa shape index (κ2) is 6.32. The summed E-state index contributed by atoms with van der Waals surface area (Å²) in [5, 5.41) is 8.89. The number of benzene rings is 1. The van der Waals surface area contributed by atoms with Gasteiger partial charge in [-0.3, -0.25) is 4.79 Å². The van der Waals surface area contributed by atoms with Crippen molar-refractivity contribution in [1.29, 1.82) is 0 Å². The molecule has 6 heteroatoms. The highest BCUT2D eigenvalue weighted by atomic mass is 16.5. The largest absolute Gasteiger partial charge is 0.475 e. The maximum Gasteiger partial charge on any atom is 0.286 e. The number of aliphatic hydroxyl groups is 1. The van der Waals surface area contributed by atoms with Gasteiger partial charge in [-0.1, -0.05) is 23.8 Å². The standard InChI is InChI=1S/C15H16N3O3/c1-9-3-4-11(10(2)7-9)12-8-17-14(13(16)20)18-15(12)21-6-5-19/h3-4,7,19H,5-6H2,1-2H3,(H2,16,20). The van der Waals surface area contributed by atoms with Crippen LogP contribution in [0.5, 0.6) is 5.88 Å². The van der Waals surface area contributed by atoms with Gasteiger partial charge in [-0.15, -0.1) is 0 Å². The maximum atomic E-state index is 11.2. The third-order valence-electron chi connectivity index (χ3n) is 2.90. The van der Waals surface area contributed by atoms with Crippen LogP contribution in [-0.2, 0) is 0 Å². The molecule has 21 heavy (non-hydrogen) atoms. The van der Waals surface area contributed by atoms with E-state index in [2.05, 4.69) is 16.2 Å². The zero-order valence-corrected chi connectivity index (χ0v) is 11.9. The molecular formula is C15H16N3O3. The first-order chi connectivity index (χ1) is 10.0. The minimum atomic E-state index is -0.757. The van der Waals surface area contributed by atoms with Crippen molar-refractivity contribution in [3.63, 3.8) is 0 Å². The third kappa shape index (κ3) is 3.35. The van der Waals surface area contributed by atoms with Gasteiger partial charge < -0.3 is 15.6 Å². The maximum absolute atomic E-state index is 11.2. The van der Waals surface area contributed by atoms with Gasteiger partial charge in [0.05, 0.1) is 12.2 Å². The number of aromatic nitrogens is 2. The van der Waals surface area contributed by atoms with Gasteiger partial charge in [-0.05, 0) is 25.0 Å². The van der Waals surface area contributed by atoms with Crippen molar-refractivity contribution in [1.82, 2.24) is 9.97 Å². The monoisotopic (exact) mass is 286 g/mol. The Bertz CT molecular complexity index is 671. The molecule has 2 aromatic rings. The van der Waals surface area contributed by atoms with Gasteiger partial charge in [0, 0.05) is 0 Å². The van der Waals surface area contributed by atoms with Crippen LogP contribution in [-0.4, -0.2) is 34.2 Å². The van der Waals surface area contributed by atoms with E-state index in [4.69, 9.17) is 15.6 Å². The summed E-state index contributed by atoms with van der Waals surface area (Å²) in [5.41, 5.74) is 8.68. The molecular weight excluding hydrogens is 270 g/mol. The highest BCUT2D eigenvalue weighted by Gasteiger charge is 2.15. The number of nitrogens with zero attached hydrogens (tertiary/aromatic N) is 2. The first-order valence-corrected chi connectivity index (χ1v) is 6.43. The van der Waals surface area contributed by atoms with Crippen LogP contribution < -0.4 is 10.5 Å². The van der Waals surface area contributed by atoms with E-state index in [1.807, 2.05) is 32.0 Å². The molecule has 3 N–H and O–H groups in total. The van der Waals surface area contributed by atoms with Crippen LogP contribution in [0.15, 0.2) is 18.2 Å². The average Bonchev–Trinajstić information content (AvgIpc) is 2.45. The molecule has 0 atom stereocenters. The Morgan fingerprint density at radius 1 is 1.43 bits per heavy atom. The lowest BCUT2D eigenvalue weighted by molar-refractivity contribution is 0.0988. The fourth-order valence-electron chi connectivity index (χ4n) is 1.96. The van der Waals surface area contributed by atoms with Crippen LogP contribution in [0, 0.1) is 20.0 Å². The number of ether oxygens (including phenoxy) is 1. The van der Waals surface area contributed by atoms with Crippen molar-refractivity contribution in [2.45, 2.75) is 13.8 Å². The van der Waals surface area contributed by atoms with Gasteiger partial charge >= 0.3 is 0 Å². The van der Waals surface area contributed by atoms with E-state index >= 15 is 0 Å². The van der Waals surface area contributed by atoms with Crippen LogP contribution in [0.3, 0.4) is 0 Å². The molecule has 1 aromatic carbocycles. The Hall–Kier alpha value is -2.47. The molecule has 1 aromatic heterocycles. The van der Waals surface area contributed by atoms with Crippen LogP contribution in [0.4, 0.5) is 0 Å². The number of amides is 1. The molecule has 0 saturated carbocycles.